The number of rotatable bonds is 2. The van der Waals surface area contributed by atoms with Gasteiger partial charge in [-0.15, -0.1) is 0 Å². The number of hydrogen-bond acceptors (Lipinski definition) is 4. The first-order valence-corrected chi connectivity index (χ1v) is 2.11. The Morgan fingerprint density at radius 1 is 1.83 bits per heavy atom. The Morgan fingerprint density at radius 3 is 2.33 bits per heavy atom. The van der Waals surface area contributed by atoms with Crippen molar-refractivity contribution in [3.8, 4) is 0 Å². The maximum Gasteiger partial charge on any atom is 0.727 e. The van der Waals surface area contributed by atoms with E-state index in [1.54, 1.807) is 0 Å². The van der Waals surface area contributed by atoms with Gasteiger partial charge in [-0.05, 0) is 4.62 Å². The molecule has 0 amide bonds. The van der Waals surface area contributed by atoms with E-state index in [-0.39, 0.29) is 0 Å². The third kappa shape index (κ3) is 1.90. The van der Waals surface area contributed by atoms with E-state index >= 15 is 0 Å². The van der Waals surface area contributed by atoms with Crippen LogP contribution in [-0.4, -0.2) is 0 Å². The van der Waals surface area contributed by atoms with Gasteiger partial charge in [0.2, 0.25) is 4.95 Å². The molecule has 0 aliphatic rings. The van der Waals surface area contributed by atoms with Crippen molar-refractivity contribution in [1.82, 2.24) is 0 Å². The molecule has 0 aliphatic heterocycles. The summed E-state index contributed by atoms with van der Waals surface area (Å²) in [5, 5.41) is 0. The molecule has 0 aromatic carbocycles. The second kappa shape index (κ2) is 2.84. The van der Waals surface area contributed by atoms with Gasteiger partial charge in [-0.25, -0.2) is 0 Å². The van der Waals surface area contributed by atoms with E-state index in [1.807, 2.05) is 4.95 Å². The van der Waals surface area contributed by atoms with Crippen molar-refractivity contribution in [2.24, 2.45) is 10.8 Å². The van der Waals surface area contributed by atoms with E-state index in [0.717, 1.165) is 0 Å². The highest BCUT2D eigenvalue weighted by Crippen LogP contribution is 2.17. The maximum atomic E-state index is 9.50. The highest BCUT2D eigenvalue weighted by Gasteiger charge is 2.14. The Morgan fingerprint density at radius 2 is 2.33 bits per heavy atom. The Labute approximate surface area is 34.3 Å². The summed E-state index contributed by atoms with van der Waals surface area (Å²) in [7, 11) is -2.48. The SMILES string of the molecule is NO[P+](=O)N=O. The molecule has 0 fully saturated rings. The van der Waals surface area contributed by atoms with Crippen molar-refractivity contribution in [1.29, 1.82) is 0 Å². The zero-order chi connectivity index (χ0) is 4.99. The predicted molar refractivity (Wildman–Crippen MR) is 18.7 cm³/mol. The fourth-order valence-corrected chi connectivity index (χ4v) is 0.0577. The zero-order valence-corrected chi connectivity index (χ0v) is 3.59. The van der Waals surface area contributed by atoms with Gasteiger partial charge in [0, 0.05) is 4.57 Å². The highest BCUT2D eigenvalue weighted by molar-refractivity contribution is 7.37. The fourth-order valence-electron chi connectivity index (χ4n) is 0.0192. The molecule has 0 saturated carbocycles. The van der Waals surface area contributed by atoms with Crippen molar-refractivity contribution < 1.29 is 9.19 Å². The van der Waals surface area contributed by atoms with Crippen LogP contribution in [0.3, 0.4) is 0 Å². The van der Waals surface area contributed by atoms with Crippen LogP contribution in [0.25, 0.3) is 0 Å². The average molecular weight is 109 g/mol. The number of nitrogens with two attached hydrogens (primary N) is 1. The molecule has 0 saturated heterocycles. The molecule has 6 heavy (non-hydrogen) atoms. The van der Waals surface area contributed by atoms with E-state index in [9.17, 15) is 4.57 Å². The monoisotopic (exact) mass is 109 g/mol. The molecule has 0 aliphatic carbocycles. The van der Waals surface area contributed by atoms with Gasteiger partial charge in [-0.3, -0.25) is 0 Å². The van der Waals surface area contributed by atoms with Crippen LogP contribution in [0, 0.1) is 4.91 Å². The van der Waals surface area contributed by atoms with Crippen LogP contribution in [0.15, 0.2) is 4.95 Å². The highest BCUT2D eigenvalue weighted by atomic mass is 31.1. The lowest BCUT2D eigenvalue weighted by Gasteiger charge is -1.55. The molecular formula is H2N2O3P+. The molecule has 2 N–H and O–H groups in total. The van der Waals surface area contributed by atoms with Crippen LogP contribution in [0.5, 0.6) is 0 Å². The van der Waals surface area contributed by atoms with Crippen LogP contribution < -0.4 is 5.90 Å². The molecular weight excluding hydrogens is 107 g/mol. The smallest absolute Gasteiger partial charge is 0.162 e. The summed E-state index contributed by atoms with van der Waals surface area (Å²) >= 11 is 0. The normalized spacial score (nSPS) is 10.5. The molecule has 1 unspecified atom stereocenters. The molecule has 0 bridgehead atoms. The van der Waals surface area contributed by atoms with Crippen molar-refractivity contribution in [2.45, 2.75) is 0 Å². The van der Waals surface area contributed by atoms with Crippen molar-refractivity contribution in [3.05, 3.63) is 4.91 Å². The first-order chi connectivity index (χ1) is 2.81. The minimum Gasteiger partial charge on any atom is -0.162 e. The topological polar surface area (TPSA) is 81.8 Å². The zero-order valence-electron chi connectivity index (χ0n) is 2.70. The maximum absolute atomic E-state index is 9.50. The van der Waals surface area contributed by atoms with Gasteiger partial charge in [0.1, 0.15) is 0 Å². The molecule has 0 radical (unpaired) electrons. The Kier molecular flexibility index (Phi) is 2.66. The van der Waals surface area contributed by atoms with E-state index < -0.39 is 8.18 Å². The van der Waals surface area contributed by atoms with Crippen LogP contribution in [-0.2, 0) is 9.19 Å². The molecule has 0 heterocycles. The van der Waals surface area contributed by atoms with E-state index in [4.69, 9.17) is 4.91 Å². The fraction of sp³-hybridized carbons (Fsp3) is 0. The van der Waals surface area contributed by atoms with Gasteiger partial charge in [0.05, 0.1) is 0 Å². The lowest BCUT2D eigenvalue weighted by Crippen LogP contribution is -1.84. The molecule has 0 aromatic rings. The number of nitroso groups, excluding NO2 is 1. The molecule has 0 spiro atoms. The van der Waals surface area contributed by atoms with Gasteiger partial charge >= 0.3 is 8.18 Å². The third-order valence-electron chi connectivity index (χ3n) is 0.157. The summed E-state index contributed by atoms with van der Waals surface area (Å²) in [6, 6.07) is 0. The minimum atomic E-state index is -2.48. The van der Waals surface area contributed by atoms with E-state index in [2.05, 4.69) is 10.5 Å². The Balaban J connectivity index is 3.23. The molecule has 5 nitrogen and oxygen atoms in total. The van der Waals surface area contributed by atoms with Crippen LogP contribution in [0.4, 0.5) is 0 Å². The minimum absolute atomic E-state index is 1.92. The standard InChI is InChI=1S/H2N2O3P/c1-5-6(4)2-3/h1H2/q+1. The second-order valence-electron chi connectivity index (χ2n) is 0.425. The van der Waals surface area contributed by atoms with Crippen LogP contribution in [0.1, 0.15) is 0 Å². The summed E-state index contributed by atoms with van der Waals surface area (Å²) in [6.07, 6.45) is 0. The summed E-state index contributed by atoms with van der Waals surface area (Å²) in [5.74, 6) is 4.21. The molecule has 0 aromatic heterocycles. The molecule has 34 valence electrons. The summed E-state index contributed by atoms with van der Waals surface area (Å²) in [4.78, 5) is 10.9. The van der Waals surface area contributed by atoms with Gasteiger partial charge in [-0.1, -0.05) is 4.91 Å². The second-order valence-corrected chi connectivity index (χ2v) is 1.27. The largest absolute Gasteiger partial charge is 0.727 e. The van der Waals surface area contributed by atoms with Gasteiger partial charge < -0.3 is 0 Å². The van der Waals surface area contributed by atoms with Crippen molar-refractivity contribution in [3.63, 3.8) is 0 Å². The molecule has 6 heteroatoms. The summed E-state index contributed by atoms with van der Waals surface area (Å²) < 4.78 is 12.9. The van der Waals surface area contributed by atoms with Gasteiger partial charge in [0.15, 0.2) is 0 Å². The van der Waals surface area contributed by atoms with Crippen LogP contribution in [0.2, 0.25) is 0 Å². The average Bonchev–Trinajstić information content (AvgIpc) is 1.65. The van der Waals surface area contributed by atoms with Crippen molar-refractivity contribution in [2.75, 3.05) is 0 Å². The predicted octanol–water partition coefficient (Wildman–Crippen LogP) is 0.301. The van der Waals surface area contributed by atoms with E-state index in [1.165, 1.54) is 0 Å². The summed E-state index contributed by atoms with van der Waals surface area (Å²) in [5.41, 5.74) is 0. The van der Waals surface area contributed by atoms with Gasteiger partial charge in [-0.2, -0.15) is 5.90 Å². The Bertz CT molecular complexity index is 69.2. The Hall–Kier alpha value is -0.380. The number of nitrogens with zero attached hydrogens (tertiary/aromatic N) is 1. The first kappa shape index (κ1) is 5.62. The number of hydrogen-bond donors (Lipinski definition) is 1. The van der Waals surface area contributed by atoms with Gasteiger partial charge in [0.25, 0.3) is 0 Å². The summed E-state index contributed by atoms with van der Waals surface area (Å²) in [6.45, 7) is 0. The van der Waals surface area contributed by atoms with E-state index in [0.29, 0.717) is 0 Å². The lowest BCUT2D eigenvalue weighted by molar-refractivity contribution is 0.346. The third-order valence-corrected chi connectivity index (χ3v) is 0.471. The quantitative estimate of drug-likeness (QED) is 0.314. The molecule has 1 atom stereocenters. The lowest BCUT2D eigenvalue weighted by atomic mass is 13.6. The van der Waals surface area contributed by atoms with Crippen molar-refractivity contribution >= 4 is 8.18 Å². The molecule has 0 rings (SSSR count). The first-order valence-electron chi connectivity index (χ1n) is 0.983. The van der Waals surface area contributed by atoms with Crippen LogP contribution >= 0.6 is 8.18 Å².